The van der Waals surface area contributed by atoms with E-state index in [0.717, 1.165) is 16.8 Å². The molecule has 2 aromatic heterocycles. The van der Waals surface area contributed by atoms with Crippen molar-refractivity contribution in [3.8, 4) is 17.5 Å². The molecule has 0 aliphatic rings. The van der Waals surface area contributed by atoms with Crippen LogP contribution in [0.15, 0.2) is 65.4 Å². The Hall–Kier alpha value is -3.85. The van der Waals surface area contributed by atoms with Crippen molar-refractivity contribution in [2.24, 2.45) is 5.73 Å². The van der Waals surface area contributed by atoms with E-state index in [2.05, 4.69) is 21.9 Å². The highest BCUT2D eigenvalue weighted by molar-refractivity contribution is 6.04. The number of amides is 1. The van der Waals surface area contributed by atoms with Crippen LogP contribution in [0.4, 0.5) is 0 Å². The van der Waals surface area contributed by atoms with Gasteiger partial charge in [0.05, 0.1) is 17.4 Å². The topological polar surface area (TPSA) is 86.9 Å². The van der Waals surface area contributed by atoms with Crippen LogP contribution in [0.5, 0.6) is 0 Å². The standard InChI is InChI=1S/C19H12N4O2.C2H6/c20-19(24)18-15-6-1-2-7-16(15)23(22-18)14-5-3-4-13(12-14)8-9-17-21-10-11-25-17;1-2/h1-7,10-12H,(H2,20,24);1-2H3. The molecule has 0 saturated carbocycles. The smallest absolute Gasteiger partial charge is 0.273 e. The number of nitrogens with two attached hydrogens (primary N) is 1. The highest BCUT2D eigenvalue weighted by Crippen LogP contribution is 2.22. The van der Waals surface area contributed by atoms with Crippen LogP contribution in [0.25, 0.3) is 16.6 Å². The molecule has 0 atom stereocenters. The van der Waals surface area contributed by atoms with Gasteiger partial charge in [-0.3, -0.25) is 4.79 Å². The molecule has 0 unspecified atom stereocenters. The molecule has 134 valence electrons. The van der Waals surface area contributed by atoms with Crippen LogP contribution in [0.1, 0.15) is 35.8 Å². The Balaban J connectivity index is 0.00000102. The zero-order valence-electron chi connectivity index (χ0n) is 15.0. The summed E-state index contributed by atoms with van der Waals surface area (Å²) in [5.41, 5.74) is 8.05. The molecule has 0 aliphatic carbocycles. The van der Waals surface area contributed by atoms with E-state index in [-0.39, 0.29) is 5.69 Å². The second-order valence-corrected chi connectivity index (χ2v) is 5.28. The van der Waals surface area contributed by atoms with Crippen molar-refractivity contribution in [1.82, 2.24) is 14.8 Å². The summed E-state index contributed by atoms with van der Waals surface area (Å²) in [7, 11) is 0. The molecule has 6 heteroatoms. The normalized spacial score (nSPS) is 9.85. The van der Waals surface area contributed by atoms with E-state index in [1.807, 2.05) is 62.4 Å². The molecule has 27 heavy (non-hydrogen) atoms. The van der Waals surface area contributed by atoms with Crippen molar-refractivity contribution in [2.75, 3.05) is 0 Å². The number of para-hydroxylation sites is 1. The third-order valence-electron chi connectivity index (χ3n) is 3.66. The quantitative estimate of drug-likeness (QED) is 0.555. The summed E-state index contributed by atoms with van der Waals surface area (Å²) < 4.78 is 6.79. The number of oxazole rings is 1. The van der Waals surface area contributed by atoms with Gasteiger partial charge in [0, 0.05) is 10.9 Å². The fourth-order valence-electron chi connectivity index (χ4n) is 2.57. The second kappa shape index (κ2) is 8.02. The van der Waals surface area contributed by atoms with Crippen LogP contribution in [0.3, 0.4) is 0 Å². The van der Waals surface area contributed by atoms with Gasteiger partial charge in [-0.25, -0.2) is 9.67 Å². The Labute approximate surface area is 156 Å². The van der Waals surface area contributed by atoms with Crippen molar-refractivity contribution < 1.29 is 9.21 Å². The van der Waals surface area contributed by atoms with Crippen LogP contribution >= 0.6 is 0 Å². The lowest BCUT2D eigenvalue weighted by molar-refractivity contribution is 0.0996. The zero-order valence-corrected chi connectivity index (χ0v) is 15.0. The average Bonchev–Trinajstić information content (AvgIpc) is 3.36. The highest BCUT2D eigenvalue weighted by Gasteiger charge is 2.15. The number of hydrogen-bond donors (Lipinski definition) is 1. The Morgan fingerprint density at radius 1 is 1.11 bits per heavy atom. The Morgan fingerprint density at radius 3 is 2.67 bits per heavy atom. The first-order valence-corrected chi connectivity index (χ1v) is 8.52. The molecule has 0 radical (unpaired) electrons. The van der Waals surface area contributed by atoms with Gasteiger partial charge in [0.15, 0.2) is 5.69 Å². The molecule has 0 spiro atoms. The number of hydrogen-bond acceptors (Lipinski definition) is 4. The molecule has 6 nitrogen and oxygen atoms in total. The number of aromatic nitrogens is 3. The highest BCUT2D eigenvalue weighted by atomic mass is 16.3. The molecule has 1 amide bonds. The fraction of sp³-hybridized carbons (Fsp3) is 0.0952. The third-order valence-corrected chi connectivity index (χ3v) is 3.66. The summed E-state index contributed by atoms with van der Waals surface area (Å²) in [4.78, 5) is 15.6. The van der Waals surface area contributed by atoms with Crippen molar-refractivity contribution in [3.63, 3.8) is 0 Å². The lowest BCUT2D eigenvalue weighted by Crippen LogP contribution is -2.12. The molecule has 0 bridgehead atoms. The monoisotopic (exact) mass is 358 g/mol. The van der Waals surface area contributed by atoms with E-state index in [9.17, 15) is 4.79 Å². The first-order valence-electron chi connectivity index (χ1n) is 8.52. The molecular formula is C21H18N4O2. The number of primary amides is 1. The summed E-state index contributed by atoms with van der Waals surface area (Å²) in [6.07, 6.45) is 3.02. The van der Waals surface area contributed by atoms with Gasteiger partial charge < -0.3 is 10.2 Å². The summed E-state index contributed by atoms with van der Waals surface area (Å²) in [6.45, 7) is 4.00. The van der Waals surface area contributed by atoms with Crippen molar-refractivity contribution in [3.05, 3.63) is 78.1 Å². The van der Waals surface area contributed by atoms with Gasteiger partial charge >= 0.3 is 0 Å². The fourth-order valence-corrected chi connectivity index (χ4v) is 2.57. The Morgan fingerprint density at radius 2 is 1.93 bits per heavy atom. The maximum Gasteiger partial charge on any atom is 0.273 e. The molecule has 0 saturated heterocycles. The summed E-state index contributed by atoms with van der Waals surface area (Å²) in [6, 6.07) is 15.0. The van der Waals surface area contributed by atoms with E-state index in [1.54, 1.807) is 10.9 Å². The molecule has 0 fully saturated rings. The second-order valence-electron chi connectivity index (χ2n) is 5.28. The predicted octanol–water partition coefficient (Wildman–Crippen LogP) is 3.54. The van der Waals surface area contributed by atoms with E-state index in [4.69, 9.17) is 10.2 Å². The molecular weight excluding hydrogens is 340 g/mol. The van der Waals surface area contributed by atoms with E-state index in [0.29, 0.717) is 11.3 Å². The first-order chi connectivity index (χ1) is 13.2. The molecule has 4 aromatic rings. The van der Waals surface area contributed by atoms with Crippen molar-refractivity contribution in [1.29, 1.82) is 0 Å². The van der Waals surface area contributed by atoms with Gasteiger partial charge in [-0.2, -0.15) is 5.10 Å². The SMILES string of the molecule is CC.NC(=O)c1nn(-c2cccc(C#Cc3ncco3)c2)c2ccccc12. The van der Waals surface area contributed by atoms with Crippen molar-refractivity contribution >= 4 is 16.8 Å². The third kappa shape index (κ3) is 3.72. The largest absolute Gasteiger partial charge is 0.439 e. The van der Waals surface area contributed by atoms with E-state index in [1.165, 1.54) is 6.26 Å². The Kier molecular flexibility index (Phi) is 5.33. The zero-order chi connectivity index (χ0) is 19.2. The van der Waals surface area contributed by atoms with Gasteiger partial charge in [-0.05, 0) is 30.2 Å². The van der Waals surface area contributed by atoms with Crippen LogP contribution in [-0.2, 0) is 0 Å². The predicted molar refractivity (Wildman–Crippen MR) is 103 cm³/mol. The van der Waals surface area contributed by atoms with Gasteiger partial charge in [-0.1, -0.05) is 44.0 Å². The number of rotatable bonds is 2. The minimum absolute atomic E-state index is 0.242. The molecule has 2 heterocycles. The summed E-state index contributed by atoms with van der Waals surface area (Å²) in [5.74, 6) is 5.64. The van der Waals surface area contributed by atoms with Gasteiger partial charge in [0.1, 0.15) is 6.26 Å². The number of fused-ring (bicyclic) bond motifs is 1. The molecule has 2 N–H and O–H groups in total. The lowest BCUT2D eigenvalue weighted by atomic mass is 10.2. The van der Waals surface area contributed by atoms with E-state index >= 15 is 0 Å². The number of carbonyl (C=O) groups is 1. The molecule has 0 aliphatic heterocycles. The van der Waals surface area contributed by atoms with Crippen LogP contribution in [0.2, 0.25) is 0 Å². The molecule has 2 aromatic carbocycles. The van der Waals surface area contributed by atoms with Crippen LogP contribution < -0.4 is 5.73 Å². The minimum atomic E-state index is -0.560. The minimum Gasteiger partial charge on any atom is -0.439 e. The number of carbonyl (C=O) groups excluding carboxylic acids is 1. The van der Waals surface area contributed by atoms with Gasteiger partial charge in [0.2, 0.25) is 0 Å². The number of benzene rings is 2. The van der Waals surface area contributed by atoms with Crippen molar-refractivity contribution in [2.45, 2.75) is 13.8 Å². The van der Waals surface area contributed by atoms with Gasteiger partial charge in [0.25, 0.3) is 11.8 Å². The maximum absolute atomic E-state index is 11.7. The summed E-state index contributed by atoms with van der Waals surface area (Å²) >= 11 is 0. The first kappa shape index (κ1) is 18.0. The maximum atomic E-state index is 11.7. The Bertz CT molecular complexity index is 1130. The average molecular weight is 358 g/mol. The number of nitrogens with zero attached hydrogens (tertiary/aromatic N) is 3. The van der Waals surface area contributed by atoms with Crippen LogP contribution in [0, 0.1) is 11.8 Å². The summed E-state index contributed by atoms with van der Waals surface area (Å²) in [5, 5.41) is 5.09. The van der Waals surface area contributed by atoms with Crippen LogP contribution in [-0.4, -0.2) is 20.7 Å². The van der Waals surface area contributed by atoms with Gasteiger partial charge in [-0.15, -0.1) is 0 Å². The van der Waals surface area contributed by atoms with E-state index < -0.39 is 5.91 Å². The molecule has 4 rings (SSSR count). The lowest BCUT2D eigenvalue weighted by Gasteiger charge is -2.03.